The van der Waals surface area contributed by atoms with Crippen molar-refractivity contribution in [3.8, 4) is 0 Å². The van der Waals surface area contributed by atoms with E-state index in [1.807, 2.05) is 73.1 Å². The van der Waals surface area contributed by atoms with Crippen molar-refractivity contribution in [2.45, 2.75) is 12.0 Å². The second kappa shape index (κ2) is 7.72. The first-order valence-electron chi connectivity index (χ1n) is 9.84. The van der Waals surface area contributed by atoms with E-state index in [-0.39, 0.29) is 6.04 Å². The predicted octanol–water partition coefficient (Wildman–Crippen LogP) is 6.21. The third-order valence-corrected chi connectivity index (χ3v) is 5.25. The number of hydrogen-bond donors (Lipinski definition) is 1. The molecule has 140 valence electrons. The number of anilines is 1. The van der Waals surface area contributed by atoms with E-state index in [2.05, 4.69) is 51.7 Å². The minimum atomic E-state index is 0.258. The first-order valence-corrected chi connectivity index (χ1v) is 9.84. The van der Waals surface area contributed by atoms with Crippen LogP contribution in [0.1, 0.15) is 17.0 Å². The van der Waals surface area contributed by atoms with Gasteiger partial charge in [-0.2, -0.15) is 0 Å². The Labute approximate surface area is 170 Å². The summed E-state index contributed by atoms with van der Waals surface area (Å²) in [5, 5.41) is 3.65. The summed E-state index contributed by atoms with van der Waals surface area (Å²) in [6.07, 6.45) is 10.5. The van der Waals surface area contributed by atoms with Gasteiger partial charge in [0.1, 0.15) is 0 Å². The standard InChI is InChI=1S/C26H21N3/c1-3-7-21(8-4-1)27-17-19-11-13-23-24-14-12-20(16-26(24)29-25(23)15-19)18-28-22-9-5-2-6-10-22/h1-18,23,25,29H. The highest BCUT2D eigenvalue weighted by atomic mass is 15.0. The molecule has 29 heavy (non-hydrogen) atoms. The molecule has 0 spiro atoms. The molecule has 1 heterocycles. The molecule has 2 unspecified atom stereocenters. The van der Waals surface area contributed by atoms with Gasteiger partial charge in [-0.3, -0.25) is 9.98 Å². The van der Waals surface area contributed by atoms with Gasteiger partial charge in [0.2, 0.25) is 0 Å². The molecule has 0 fully saturated rings. The van der Waals surface area contributed by atoms with Gasteiger partial charge in [-0.05, 0) is 47.0 Å². The maximum Gasteiger partial charge on any atom is 0.0629 e. The number of nitrogens with zero attached hydrogens (tertiary/aromatic N) is 2. The molecule has 0 radical (unpaired) electrons. The molecule has 0 amide bonds. The maximum atomic E-state index is 4.57. The molecular formula is C26H21N3. The Bertz CT molecular complexity index is 1130. The van der Waals surface area contributed by atoms with Crippen molar-refractivity contribution in [1.29, 1.82) is 0 Å². The second-order valence-electron chi connectivity index (χ2n) is 7.26. The van der Waals surface area contributed by atoms with Crippen LogP contribution >= 0.6 is 0 Å². The summed E-state index contributed by atoms with van der Waals surface area (Å²) in [6.45, 7) is 0. The molecule has 2 atom stereocenters. The van der Waals surface area contributed by atoms with Gasteiger partial charge < -0.3 is 5.32 Å². The lowest BCUT2D eigenvalue weighted by Gasteiger charge is -2.18. The summed E-state index contributed by atoms with van der Waals surface area (Å²) in [6, 6.07) is 26.8. The Kier molecular flexibility index (Phi) is 4.63. The summed E-state index contributed by atoms with van der Waals surface area (Å²) in [5.74, 6) is 0.360. The van der Waals surface area contributed by atoms with E-state index in [0.29, 0.717) is 5.92 Å². The van der Waals surface area contributed by atoms with Crippen molar-refractivity contribution in [3.05, 3.63) is 114 Å². The summed E-state index contributed by atoms with van der Waals surface area (Å²) in [4.78, 5) is 9.13. The van der Waals surface area contributed by atoms with E-state index in [1.54, 1.807) is 0 Å². The first kappa shape index (κ1) is 17.4. The van der Waals surface area contributed by atoms with Crippen LogP contribution < -0.4 is 5.32 Å². The Hall–Kier alpha value is -3.72. The second-order valence-corrected chi connectivity index (χ2v) is 7.26. The van der Waals surface area contributed by atoms with Crippen molar-refractivity contribution >= 4 is 29.5 Å². The monoisotopic (exact) mass is 375 g/mol. The lowest BCUT2D eigenvalue weighted by molar-refractivity contribution is 0.802. The zero-order valence-electron chi connectivity index (χ0n) is 15.9. The topological polar surface area (TPSA) is 36.8 Å². The highest BCUT2D eigenvalue weighted by molar-refractivity contribution is 5.87. The fourth-order valence-corrected chi connectivity index (χ4v) is 3.79. The van der Waals surface area contributed by atoms with Crippen LogP contribution in [0, 0.1) is 0 Å². The Balaban J connectivity index is 1.33. The van der Waals surface area contributed by atoms with Gasteiger partial charge in [-0.15, -0.1) is 0 Å². The van der Waals surface area contributed by atoms with E-state index in [0.717, 1.165) is 22.5 Å². The normalized spacial score (nSPS) is 19.8. The van der Waals surface area contributed by atoms with Gasteiger partial charge in [0.25, 0.3) is 0 Å². The van der Waals surface area contributed by atoms with Crippen molar-refractivity contribution < 1.29 is 0 Å². The molecule has 0 aromatic heterocycles. The molecule has 1 aliphatic carbocycles. The number of aliphatic imine (C=N–C) groups is 2. The summed E-state index contributed by atoms with van der Waals surface area (Å²) < 4.78 is 0. The van der Waals surface area contributed by atoms with Crippen LogP contribution in [-0.2, 0) is 0 Å². The van der Waals surface area contributed by atoms with Crippen LogP contribution in [0.4, 0.5) is 17.1 Å². The van der Waals surface area contributed by atoms with Gasteiger partial charge in [0.15, 0.2) is 0 Å². The average Bonchev–Trinajstić information content (AvgIpc) is 3.14. The van der Waals surface area contributed by atoms with Crippen molar-refractivity contribution in [2.24, 2.45) is 9.98 Å². The van der Waals surface area contributed by atoms with Crippen LogP contribution in [0.3, 0.4) is 0 Å². The van der Waals surface area contributed by atoms with E-state index in [1.165, 1.54) is 11.3 Å². The van der Waals surface area contributed by atoms with Crippen LogP contribution in [0.15, 0.2) is 113 Å². The van der Waals surface area contributed by atoms with Gasteiger partial charge in [0, 0.05) is 24.0 Å². The molecule has 3 nitrogen and oxygen atoms in total. The third-order valence-electron chi connectivity index (χ3n) is 5.25. The highest BCUT2D eigenvalue weighted by Gasteiger charge is 2.30. The Morgan fingerprint density at radius 3 is 2.17 bits per heavy atom. The number of allylic oxidation sites excluding steroid dienone is 2. The molecule has 1 aliphatic heterocycles. The molecular weight excluding hydrogens is 354 g/mol. The molecule has 0 bridgehead atoms. The molecule has 2 aliphatic rings. The van der Waals surface area contributed by atoms with Crippen molar-refractivity contribution in [1.82, 2.24) is 0 Å². The minimum absolute atomic E-state index is 0.258. The van der Waals surface area contributed by atoms with E-state index >= 15 is 0 Å². The van der Waals surface area contributed by atoms with E-state index in [9.17, 15) is 0 Å². The summed E-state index contributed by atoms with van der Waals surface area (Å²) in [5.41, 5.74) is 6.66. The maximum absolute atomic E-state index is 4.57. The predicted molar refractivity (Wildman–Crippen MR) is 122 cm³/mol. The van der Waals surface area contributed by atoms with Crippen LogP contribution in [0.5, 0.6) is 0 Å². The number of hydrogen-bond acceptors (Lipinski definition) is 3. The largest absolute Gasteiger partial charge is 0.378 e. The smallest absolute Gasteiger partial charge is 0.0629 e. The lowest BCUT2D eigenvalue weighted by atomic mass is 9.89. The van der Waals surface area contributed by atoms with E-state index in [4.69, 9.17) is 0 Å². The molecule has 3 heteroatoms. The number of benzene rings is 3. The van der Waals surface area contributed by atoms with Crippen molar-refractivity contribution in [3.63, 3.8) is 0 Å². The number of para-hydroxylation sites is 2. The molecule has 0 saturated carbocycles. The highest BCUT2D eigenvalue weighted by Crippen LogP contribution is 2.40. The Morgan fingerprint density at radius 2 is 1.45 bits per heavy atom. The molecule has 3 aromatic carbocycles. The van der Waals surface area contributed by atoms with Gasteiger partial charge in [-0.1, -0.05) is 66.8 Å². The molecule has 3 aromatic rings. The zero-order valence-corrected chi connectivity index (χ0v) is 15.9. The molecule has 0 saturated heterocycles. The van der Waals surface area contributed by atoms with Gasteiger partial charge in [0.05, 0.1) is 17.4 Å². The van der Waals surface area contributed by atoms with Crippen LogP contribution in [0.2, 0.25) is 0 Å². The minimum Gasteiger partial charge on any atom is -0.378 e. The average molecular weight is 375 g/mol. The van der Waals surface area contributed by atoms with Crippen LogP contribution in [0.25, 0.3) is 0 Å². The zero-order chi connectivity index (χ0) is 19.5. The number of fused-ring (bicyclic) bond motifs is 3. The van der Waals surface area contributed by atoms with Gasteiger partial charge >= 0.3 is 0 Å². The number of rotatable bonds is 4. The lowest BCUT2D eigenvalue weighted by Crippen LogP contribution is -2.19. The summed E-state index contributed by atoms with van der Waals surface area (Å²) >= 11 is 0. The molecule has 1 N–H and O–H groups in total. The quantitative estimate of drug-likeness (QED) is 0.541. The molecule has 5 rings (SSSR count). The SMILES string of the molecule is C1=CC2c3ccc(C=Nc4ccccc4)cc3NC2C=C1C=Nc1ccccc1. The van der Waals surface area contributed by atoms with Gasteiger partial charge in [-0.25, -0.2) is 0 Å². The number of nitrogens with one attached hydrogen (secondary N) is 1. The van der Waals surface area contributed by atoms with Crippen LogP contribution in [-0.4, -0.2) is 18.5 Å². The fourth-order valence-electron chi connectivity index (χ4n) is 3.79. The Morgan fingerprint density at radius 1 is 0.759 bits per heavy atom. The fraction of sp³-hybridized carbons (Fsp3) is 0.0769. The van der Waals surface area contributed by atoms with E-state index < -0.39 is 0 Å². The third kappa shape index (κ3) is 3.81. The summed E-state index contributed by atoms with van der Waals surface area (Å²) in [7, 11) is 0. The van der Waals surface area contributed by atoms with Crippen molar-refractivity contribution in [2.75, 3.05) is 5.32 Å². The first-order chi connectivity index (χ1) is 14.3.